The van der Waals surface area contributed by atoms with E-state index in [-0.39, 0.29) is 5.92 Å². The molecule has 1 fully saturated rings. The second kappa shape index (κ2) is 20.0. The quantitative estimate of drug-likeness (QED) is 0.232. The Morgan fingerprint density at radius 1 is 0.976 bits per heavy atom. The standard InChI is InChI=1S/C17H17N.C14H26N2.C4H8O.C2H6/c1-3-14-15-11-7-8-12-16(15)18(2)17(14)13-9-5-4-6-10-13;1-5-6-14(11-12(2)15-3)13-7-9-16(4)10-8-13;1-4(2)3-5;1-2/h4-12H,3H2,1-2H3;5-6,11-13,15H,7-10H2,1-4H3;3-4H,1-2H3;1-2H3/b;6-5-,14-11+;;. The number of carbonyl (C=O) groups excluding carboxylic acids is 1. The van der Waals surface area contributed by atoms with Gasteiger partial charge in [-0.3, -0.25) is 0 Å². The molecule has 0 aliphatic carbocycles. The van der Waals surface area contributed by atoms with Crippen LogP contribution < -0.4 is 5.32 Å². The largest absolute Gasteiger partial charge is 0.343 e. The van der Waals surface area contributed by atoms with Crippen LogP contribution in [0.15, 0.2) is 78.4 Å². The molecule has 1 aromatic heterocycles. The van der Waals surface area contributed by atoms with Crippen LogP contribution in [0.25, 0.3) is 22.2 Å². The Morgan fingerprint density at radius 2 is 1.54 bits per heavy atom. The molecular weight excluding hydrogens is 502 g/mol. The molecule has 1 saturated heterocycles. The molecule has 41 heavy (non-hydrogen) atoms. The molecule has 0 saturated carbocycles. The number of nitrogens with one attached hydrogen (secondary N) is 1. The Morgan fingerprint density at radius 3 is 2.05 bits per heavy atom. The lowest BCUT2D eigenvalue weighted by atomic mass is 9.88. The number of piperidine rings is 1. The minimum Gasteiger partial charge on any atom is -0.343 e. The molecule has 4 heteroatoms. The Hall–Kier alpha value is -2.95. The van der Waals surface area contributed by atoms with Crippen LogP contribution in [0.4, 0.5) is 0 Å². The zero-order valence-electron chi connectivity index (χ0n) is 27.6. The van der Waals surface area contributed by atoms with E-state index in [0.29, 0.717) is 6.04 Å². The molecular formula is C37H57N3O. The van der Waals surface area contributed by atoms with Crippen LogP contribution in [0.5, 0.6) is 0 Å². The summed E-state index contributed by atoms with van der Waals surface area (Å²) < 4.78 is 2.31. The highest BCUT2D eigenvalue weighted by Gasteiger charge is 2.19. The van der Waals surface area contributed by atoms with Crippen molar-refractivity contribution in [3.05, 3.63) is 84.0 Å². The number of aryl methyl sites for hydroxylation is 2. The second-order valence-corrected chi connectivity index (χ2v) is 10.8. The van der Waals surface area contributed by atoms with Gasteiger partial charge < -0.3 is 19.6 Å². The maximum absolute atomic E-state index is 9.50. The van der Waals surface area contributed by atoms with Gasteiger partial charge in [0.2, 0.25) is 0 Å². The van der Waals surface area contributed by atoms with Gasteiger partial charge in [0.05, 0.1) is 5.69 Å². The van der Waals surface area contributed by atoms with Gasteiger partial charge in [-0.05, 0) is 89.0 Å². The van der Waals surface area contributed by atoms with Crippen LogP contribution in [0.2, 0.25) is 0 Å². The third-order valence-corrected chi connectivity index (χ3v) is 7.33. The number of para-hydroxylation sites is 1. The zero-order valence-corrected chi connectivity index (χ0v) is 27.6. The number of benzene rings is 2. The number of allylic oxidation sites excluding steroid dienone is 3. The monoisotopic (exact) mass is 559 g/mol. The van der Waals surface area contributed by atoms with E-state index in [9.17, 15) is 4.79 Å². The van der Waals surface area contributed by atoms with Gasteiger partial charge in [0.1, 0.15) is 6.29 Å². The third kappa shape index (κ3) is 11.4. The predicted octanol–water partition coefficient (Wildman–Crippen LogP) is 8.71. The molecule has 0 radical (unpaired) electrons. The first-order valence-electron chi connectivity index (χ1n) is 15.5. The first kappa shape index (κ1) is 36.1. The van der Waals surface area contributed by atoms with Gasteiger partial charge in [0.15, 0.2) is 0 Å². The lowest BCUT2D eigenvalue weighted by Gasteiger charge is -2.30. The lowest BCUT2D eigenvalue weighted by Crippen LogP contribution is -2.31. The molecule has 1 N–H and O–H groups in total. The van der Waals surface area contributed by atoms with Gasteiger partial charge in [-0.25, -0.2) is 0 Å². The fourth-order valence-corrected chi connectivity index (χ4v) is 5.03. The topological polar surface area (TPSA) is 37.3 Å². The van der Waals surface area contributed by atoms with Crippen LogP contribution >= 0.6 is 0 Å². The number of rotatable bonds is 7. The number of nitrogens with zero attached hydrogens (tertiary/aromatic N) is 2. The highest BCUT2D eigenvalue weighted by Crippen LogP contribution is 2.33. The first-order chi connectivity index (χ1) is 19.8. The Balaban J connectivity index is 0.000000337. The van der Waals surface area contributed by atoms with Gasteiger partial charge in [0.25, 0.3) is 0 Å². The van der Waals surface area contributed by atoms with Crippen molar-refractivity contribution in [1.29, 1.82) is 0 Å². The van der Waals surface area contributed by atoms with Gasteiger partial charge in [-0.15, -0.1) is 0 Å². The Labute approximate surface area is 251 Å². The Bertz CT molecular complexity index is 1180. The molecule has 1 aliphatic rings. The summed E-state index contributed by atoms with van der Waals surface area (Å²) in [7, 11) is 6.39. The van der Waals surface area contributed by atoms with E-state index < -0.39 is 0 Å². The van der Waals surface area contributed by atoms with Crippen molar-refractivity contribution in [2.24, 2.45) is 18.9 Å². The number of likely N-dealkylation sites (tertiary alicyclic amines) is 1. The maximum Gasteiger partial charge on any atom is 0.122 e. The van der Waals surface area contributed by atoms with Crippen molar-refractivity contribution in [3.63, 3.8) is 0 Å². The van der Waals surface area contributed by atoms with Crippen molar-refractivity contribution in [3.8, 4) is 11.3 Å². The van der Waals surface area contributed by atoms with Crippen molar-refractivity contribution < 1.29 is 4.79 Å². The van der Waals surface area contributed by atoms with Gasteiger partial charge in [0, 0.05) is 29.9 Å². The van der Waals surface area contributed by atoms with E-state index in [0.717, 1.165) is 18.6 Å². The summed E-state index contributed by atoms with van der Waals surface area (Å²) in [6.45, 7) is 16.7. The molecule has 0 bridgehead atoms. The molecule has 4 rings (SSSR count). The molecule has 3 aromatic rings. The van der Waals surface area contributed by atoms with E-state index in [2.05, 4.69) is 122 Å². The van der Waals surface area contributed by atoms with E-state index in [4.69, 9.17) is 0 Å². The van der Waals surface area contributed by atoms with E-state index in [1.807, 2.05) is 34.7 Å². The minimum absolute atomic E-state index is 0.204. The molecule has 1 aliphatic heterocycles. The van der Waals surface area contributed by atoms with E-state index >= 15 is 0 Å². The van der Waals surface area contributed by atoms with Crippen LogP contribution in [-0.2, 0) is 18.3 Å². The molecule has 4 nitrogen and oxygen atoms in total. The SMILES string of the molecule is C/C=C\C(=C/C(C)NC)C1CCN(C)CC1.CC.CC(C)C=O.CCc1c(-c2ccccc2)n(C)c2ccccc12. The van der Waals surface area contributed by atoms with Crippen molar-refractivity contribution in [2.45, 2.75) is 73.8 Å². The number of aromatic nitrogens is 1. The van der Waals surface area contributed by atoms with Crippen molar-refractivity contribution >= 4 is 17.2 Å². The highest BCUT2D eigenvalue weighted by atomic mass is 16.1. The number of likely N-dealkylation sites (N-methyl/N-ethyl adjacent to an activating group) is 1. The van der Waals surface area contributed by atoms with Crippen molar-refractivity contribution in [2.75, 3.05) is 27.2 Å². The van der Waals surface area contributed by atoms with Crippen LogP contribution in [0.1, 0.15) is 66.9 Å². The van der Waals surface area contributed by atoms with Crippen LogP contribution in [0.3, 0.4) is 0 Å². The minimum atomic E-state index is 0.204. The smallest absolute Gasteiger partial charge is 0.122 e. The molecule has 226 valence electrons. The van der Waals surface area contributed by atoms with Crippen molar-refractivity contribution in [1.82, 2.24) is 14.8 Å². The first-order valence-corrected chi connectivity index (χ1v) is 15.5. The molecule has 0 spiro atoms. The van der Waals surface area contributed by atoms with E-state index in [1.54, 1.807) is 0 Å². The average Bonchev–Trinajstić information content (AvgIpc) is 3.30. The van der Waals surface area contributed by atoms with E-state index in [1.165, 1.54) is 59.2 Å². The zero-order chi connectivity index (χ0) is 30.8. The lowest BCUT2D eigenvalue weighted by molar-refractivity contribution is -0.110. The third-order valence-electron chi connectivity index (χ3n) is 7.33. The van der Waals surface area contributed by atoms with Gasteiger partial charge in [-0.2, -0.15) is 0 Å². The summed E-state index contributed by atoms with van der Waals surface area (Å²) >= 11 is 0. The summed E-state index contributed by atoms with van der Waals surface area (Å²) in [4.78, 5) is 11.9. The molecule has 1 unspecified atom stereocenters. The number of carbonyl (C=O) groups is 1. The number of hydrogen-bond acceptors (Lipinski definition) is 3. The Kier molecular flexibility index (Phi) is 17.6. The summed E-state index contributed by atoms with van der Waals surface area (Å²) in [6.07, 6.45) is 11.4. The number of hydrogen-bond donors (Lipinski definition) is 1. The summed E-state index contributed by atoms with van der Waals surface area (Å²) in [5, 5.41) is 4.66. The fourth-order valence-electron chi connectivity index (χ4n) is 5.03. The fraction of sp³-hybridized carbons (Fsp3) is 0.486. The summed E-state index contributed by atoms with van der Waals surface area (Å²) in [6, 6.07) is 19.8. The number of aldehydes is 1. The summed E-state index contributed by atoms with van der Waals surface area (Å²) in [5.41, 5.74) is 6.91. The average molecular weight is 560 g/mol. The van der Waals surface area contributed by atoms with Crippen LogP contribution in [0, 0.1) is 11.8 Å². The van der Waals surface area contributed by atoms with Crippen LogP contribution in [-0.4, -0.2) is 49.0 Å². The number of fused-ring (bicyclic) bond motifs is 1. The maximum atomic E-state index is 9.50. The highest BCUT2D eigenvalue weighted by molar-refractivity contribution is 5.91. The normalized spacial score (nSPS) is 15.0. The second-order valence-electron chi connectivity index (χ2n) is 10.8. The molecule has 2 aromatic carbocycles. The van der Waals surface area contributed by atoms with Gasteiger partial charge in [-0.1, -0.05) is 101 Å². The predicted molar refractivity (Wildman–Crippen MR) is 182 cm³/mol. The molecule has 0 amide bonds. The molecule has 1 atom stereocenters. The summed E-state index contributed by atoms with van der Waals surface area (Å²) in [5.74, 6) is 0.957. The van der Waals surface area contributed by atoms with Gasteiger partial charge >= 0.3 is 0 Å². The molecule has 2 heterocycles.